The maximum Gasteiger partial charge on any atom is 0.326 e. The smallest absolute Gasteiger partial charge is 0.326 e. The summed E-state index contributed by atoms with van der Waals surface area (Å²) in [6.07, 6.45) is 1.21. The van der Waals surface area contributed by atoms with Crippen LogP contribution in [0.25, 0.3) is 0 Å². The summed E-state index contributed by atoms with van der Waals surface area (Å²) in [6, 6.07) is -0.821. The van der Waals surface area contributed by atoms with Gasteiger partial charge in [-0.05, 0) is 19.8 Å². The number of hydrogen-bond acceptors (Lipinski definition) is 3. The van der Waals surface area contributed by atoms with Crippen LogP contribution in [0.1, 0.15) is 33.6 Å². The van der Waals surface area contributed by atoms with E-state index in [4.69, 9.17) is 5.11 Å². The van der Waals surface area contributed by atoms with Gasteiger partial charge in [-0.1, -0.05) is 13.8 Å². The third-order valence-corrected chi connectivity index (χ3v) is 3.94. The topological polar surface area (TPSA) is 77.9 Å². The van der Waals surface area contributed by atoms with Gasteiger partial charge in [0, 0.05) is 32.0 Å². The van der Waals surface area contributed by atoms with Crippen LogP contribution in [0.3, 0.4) is 0 Å². The summed E-state index contributed by atoms with van der Waals surface area (Å²) in [5.41, 5.74) is 0. The molecule has 6 nitrogen and oxygen atoms in total. The van der Waals surface area contributed by atoms with E-state index in [2.05, 4.69) is 0 Å². The lowest BCUT2D eigenvalue weighted by Crippen LogP contribution is -2.47. The number of carbonyl (C=O) groups is 3. The second kappa shape index (κ2) is 6.72. The average Bonchev–Trinajstić information content (AvgIpc) is 2.44. The van der Waals surface area contributed by atoms with Crippen LogP contribution >= 0.6 is 0 Å². The van der Waals surface area contributed by atoms with Crippen LogP contribution in [0, 0.1) is 11.8 Å². The predicted octanol–water partition coefficient (Wildman–Crippen LogP) is 0.812. The number of likely N-dealkylation sites (N-methyl/N-ethyl adjacent to an activating group) is 1. The molecule has 1 heterocycles. The number of carboxylic acid groups (broad SMARTS) is 1. The number of nitrogens with zero attached hydrogens (tertiary/aromatic N) is 2. The molecule has 1 N–H and O–H groups in total. The molecule has 1 atom stereocenters. The van der Waals surface area contributed by atoms with Crippen molar-refractivity contribution in [1.82, 2.24) is 9.80 Å². The highest BCUT2D eigenvalue weighted by molar-refractivity contribution is 5.85. The fourth-order valence-corrected chi connectivity index (χ4v) is 2.36. The maximum absolute atomic E-state index is 12.2. The van der Waals surface area contributed by atoms with Crippen molar-refractivity contribution >= 4 is 17.8 Å². The fraction of sp³-hybridized carbons (Fsp3) is 0.786. The van der Waals surface area contributed by atoms with Gasteiger partial charge in [0.1, 0.15) is 6.04 Å². The quantitative estimate of drug-likeness (QED) is 0.828. The molecule has 0 radical (unpaired) electrons. The monoisotopic (exact) mass is 284 g/mol. The van der Waals surface area contributed by atoms with Crippen LogP contribution in [0.5, 0.6) is 0 Å². The van der Waals surface area contributed by atoms with Crippen molar-refractivity contribution in [3.63, 3.8) is 0 Å². The van der Waals surface area contributed by atoms with Crippen molar-refractivity contribution in [2.24, 2.45) is 11.8 Å². The molecule has 0 bridgehead atoms. The Labute approximate surface area is 119 Å². The number of carbonyl (C=O) groups excluding carboxylic acids is 2. The summed E-state index contributed by atoms with van der Waals surface area (Å²) < 4.78 is 0. The van der Waals surface area contributed by atoms with Gasteiger partial charge < -0.3 is 14.9 Å². The first kappa shape index (κ1) is 16.5. The molecule has 1 rings (SSSR count). The van der Waals surface area contributed by atoms with Gasteiger partial charge in [0.25, 0.3) is 0 Å². The zero-order valence-electron chi connectivity index (χ0n) is 12.6. The van der Waals surface area contributed by atoms with Gasteiger partial charge in [-0.2, -0.15) is 0 Å². The Morgan fingerprint density at radius 1 is 1.15 bits per heavy atom. The summed E-state index contributed by atoms with van der Waals surface area (Å²) in [5.74, 6) is -1.25. The van der Waals surface area contributed by atoms with E-state index in [1.807, 2.05) is 13.8 Å². The minimum atomic E-state index is -1.01. The Hall–Kier alpha value is -1.59. The first-order valence-corrected chi connectivity index (χ1v) is 7.04. The van der Waals surface area contributed by atoms with Gasteiger partial charge in [0.15, 0.2) is 0 Å². The van der Waals surface area contributed by atoms with Crippen molar-refractivity contribution in [2.75, 3.05) is 20.1 Å². The van der Waals surface area contributed by atoms with Crippen molar-refractivity contribution in [2.45, 2.75) is 39.7 Å². The number of hydrogen-bond donors (Lipinski definition) is 1. The third-order valence-electron chi connectivity index (χ3n) is 3.94. The van der Waals surface area contributed by atoms with E-state index in [0.29, 0.717) is 25.9 Å². The van der Waals surface area contributed by atoms with Gasteiger partial charge >= 0.3 is 5.97 Å². The van der Waals surface area contributed by atoms with Crippen molar-refractivity contribution < 1.29 is 19.5 Å². The number of likely N-dealkylation sites (tertiary alicyclic amines) is 1. The Balaban J connectivity index is 2.55. The van der Waals surface area contributed by atoms with E-state index in [-0.39, 0.29) is 23.7 Å². The van der Waals surface area contributed by atoms with Gasteiger partial charge in [0.2, 0.25) is 11.8 Å². The molecule has 0 aromatic rings. The summed E-state index contributed by atoms with van der Waals surface area (Å²) in [5, 5.41) is 8.93. The lowest BCUT2D eigenvalue weighted by atomic mass is 9.94. The Morgan fingerprint density at radius 2 is 1.65 bits per heavy atom. The van der Waals surface area contributed by atoms with Crippen LogP contribution in [0.4, 0.5) is 0 Å². The van der Waals surface area contributed by atoms with Crippen LogP contribution in [0.15, 0.2) is 0 Å². The largest absolute Gasteiger partial charge is 0.480 e. The van der Waals surface area contributed by atoms with E-state index in [9.17, 15) is 14.4 Å². The molecule has 114 valence electrons. The molecular weight excluding hydrogens is 260 g/mol. The molecule has 0 aliphatic carbocycles. The number of carboxylic acids is 1. The highest BCUT2D eigenvalue weighted by Gasteiger charge is 2.32. The van der Waals surface area contributed by atoms with Crippen LogP contribution in [-0.2, 0) is 14.4 Å². The first-order chi connectivity index (χ1) is 9.25. The second-order valence-electron chi connectivity index (χ2n) is 5.72. The number of rotatable bonds is 4. The van der Waals surface area contributed by atoms with Crippen LogP contribution in [0.2, 0.25) is 0 Å². The number of piperidine rings is 1. The van der Waals surface area contributed by atoms with E-state index < -0.39 is 12.0 Å². The molecule has 0 spiro atoms. The van der Waals surface area contributed by atoms with Gasteiger partial charge in [-0.3, -0.25) is 9.59 Å². The molecule has 6 heteroatoms. The first-order valence-electron chi connectivity index (χ1n) is 7.04. The van der Waals surface area contributed by atoms with Crippen molar-refractivity contribution in [3.05, 3.63) is 0 Å². The molecule has 0 aromatic heterocycles. The molecule has 0 saturated carbocycles. The highest BCUT2D eigenvalue weighted by Crippen LogP contribution is 2.21. The number of amides is 2. The SMILES string of the molecule is CC(C)C(=O)N1CCC(C(=O)N(C)C(C)C(=O)O)CC1. The zero-order chi connectivity index (χ0) is 15.4. The summed E-state index contributed by atoms with van der Waals surface area (Å²) in [4.78, 5) is 38.0. The Bertz CT molecular complexity index is 387. The minimum Gasteiger partial charge on any atom is -0.480 e. The van der Waals surface area contributed by atoms with Crippen molar-refractivity contribution in [1.29, 1.82) is 0 Å². The Morgan fingerprint density at radius 3 is 2.05 bits per heavy atom. The maximum atomic E-state index is 12.2. The molecule has 1 aliphatic heterocycles. The molecule has 1 unspecified atom stereocenters. The van der Waals surface area contributed by atoms with E-state index in [0.717, 1.165) is 0 Å². The standard InChI is InChI=1S/C14H24N2O4/c1-9(2)12(17)16-7-5-11(6-8-16)13(18)15(4)10(3)14(19)20/h9-11H,5-8H2,1-4H3,(H,19,20). The molecule has 0 aromatic carbocycles. The van der Waals surface area contributed by atoms with Gasteiger partial charge in [0.05, 0.1) is 0 Å². The molecule has 1 aliphatic rings. The normalized spacial score (nSPS) is 17.9. The van der Waals surface area contributed by atoms with E-state index in [1.54, 1.807) is 4.90 Å². The molecule has 1 saturated heterocycles. The molecular formula is C14H24N2O4. The lowest BCUT2D eigenvalue weighted by molar-refractivity contribution is -0.151. The minimum absolute atomic E-state index is 0.0306. The summed E-state index contributed by atoms with van der Waals surface area (Å²) in [7, 11) is 1.52. The van der Waals surface area contributed by atoms with Crippen molar-refractivity contribution in [3.8, 4) is 0 Å². The molecule has 2 amide bonds. The fourth-order valence-electron chi connectivity index (χ4n) is 2.36. The predicted molar refractivity (Wildman–Crippen MR) is 74.0 cm³/mol. The third kappa shape index (κ3) is 3.71. The zero-order valence-corrected chi connectivity index (χ0v) is 12.6. The van der Waals surface area contributed by atoms with Gasteiger partial charge in [-0.15, -0.1) is 0 Å². The lowest BCUT2D eigenvalue weighted by Gasteiger charge is -2.34. The summed E-state index contributed by atoms with van der Waals surface area (Å²) >= 11 is 0. The summed E-state index contributed by atoms with van der Waals surface area (Å²) in [6.45, 7) is 6.37. The average molecular weight is 284 g/mol. The van der Waals surface area contributed by atoms with Crippen LogP contribution in [-0.4, -0.2) is 58.9 Å². The van der Waals surface area contributed by atoms with Crippen LogP contribution < -0.4 is 0 Å². The molecule has 1 fully saturated rings. The highest BCUT2D eigenvalue weighted by atomic mass is 16.4. The van der Waals surface area contributed by atoms with E-state index in [1.165, 1.54) is 18.9 Å². The Kier molecular flexibility index (Phi) is 5.53. The molecule has 20 heavy (non-hydrogen) atoms. The number of aliphatic carboxylic acids is 1. The van der Waals surface area contributed by atoms with E-state index >= 15 is 0 Å². The van der Waals surface area contributed by atoms with Gasteiger partial charge in [-0.25, -0.2) is 4.79 Å². The second-order valence-corrected chi connectivity index (χ2v) is 5.72.